The summed E-state index contributed by atoms with van der Waals surface area (Å²) in [6.07, 6.45) is 3.10. The lowest BCUT2D eigenvalue weighted by Gasteiger charge is -2.34. The zero-order valence-corrected chi connectivity index (χ0v) is 20.6. The first-order valence-corrected chi connectivity index (χ1v) is 11.9. The van der Waals surface area contributed by atoms with Crippen molar-refractivity contribution >= 4 is 55.9 Å². The van der Waals surface area contributed by atoms with Gasteiger partial charge in [0, 0.05) is 46.6 Å². The van der Waals surface area contributed by atoms with Gasteiger partial charge in [0.25, 0.3) is 0 Å². The van der Waals surface area contributed by atoms with Gasteiger partial charge >= 0.3 is 0 Å². The van der Waals surface area contributed by atoms with Gasteiger partial charge in [-0.2, -0.15) is 0 Å². The zero-order valence-electron chi connectivity index (χ0n) is 17.5. The van der Waals surface area contributed by atoms with Crippen LogP contribution in [0.4, 0.5) is 5.69 Å². The molecule has 1 aliphatic heterocycles. The van der Waals surface area contributed by atoms with E-state index in [2.05, 4.69) is 45.3 Å². The molecule has 0 aliphatic carbocycles. The van der Waals surface area contributed by atoms with Crippen LogP contribution in [0.5, 0.6) is 0 Å². The minimum atomic E-state index is 0.277. The van der Waals surface area contributed by atoms with Crippen molar-refractivity contribution in [3.05, 3.63) is 49.7 Å². The molecule has 0 spiro atoms. The molecule has 1 fully saturated rings. The smallest absolute Gasteiger partial charge is 0.147 e. The van der Waals surface area contributed by atoms with Crippen molar-refractivity contribution in [3.8, 4) is 5.69 Å². The van der Waals surface area contributed by atoms with Crippen LogP contribution < -0.4 is 4.90 Å². The minimum absolute atomic E-state index is 0.277. The zero-order chi connectivity index (χ0) is 21.6. The lowest BCUT2D eigenvalue weighted by Crippen LogP contribution is -2.34. The second kappa shape index (κ2) is 8.70. The molecule has 4 nitrogen and oxygen atoms in total. The predicted octanol–water partition coefficient (Wildman–Crippen LogP) is 6.62. The van der Waals surface area contributed by atoms with Crippen LogP contribution in [0.25, 0.3) is 16.7 Å². The largest absolute Gasteiger partial charge is 0.396 e. The van der Waals surface area contributed by atoms with Gasteiger partial charge in [0.2, 0.25) is 0 Å². The number of fused-ring (bicyclic) bond motifs is 1. The molecular formula is C23H26BrCl2N3O. The minimum Gasteiger partial charge on any atom is -0.396 e. The van der Waals surface area contributed by atoms with E-state index in [9.17, 15) is 5.11 Å². The lowest BCUT2D eigenvalue weighted by atomic mass is 9.93. The van der Waals surface area contributed by atoms with Gasteiger partial charge in [0.05, 0.1) is 15.7 Å². The number of anilines is 1. The van der Waals surface area contributed by atoms with Crippen LogP contribution in [0, 0.1) is 26.7 Å². The number of hydrogen-bond donors (Lipinski definition) is 1. The third-order valence-electron chi connectivity index (χ3n) is 6.27. The van der Waals surface area contributed by atoms with Crippen molar-refractivity contribution in [2.45, 2.75) is 40.0 Å². The molecule has 1 N–H and O–H groups in total. The van der Waals surface area contributed by atoms with E-state index in [4.69, 9.17) is 28.2 Å². The highest BCUT2D eigenvalue weighted by atomic mass is 79.9. The number of halogens is 3. The van der Waals surface area contributed by atoms with Crippen LogP contribution in [0.2, 0.25) is 10.0 Å². The molecular weight excluding hydrogens is 485 g/mol. The van der Waals surface area contributed by atoms with Gasteiger partial charge < -0.3 is 10.0 Å². The Hall–Kier alpha value is -1.27. The van der Waals surface area contributed by atoms with Gasteiger partial charge in [-0.15, -0.1) is 0 Å². The summed E-state index contributed by atoms with van der Waals surface area (Å²) in [4.78, 5) is 7.38. The Labute approximate surface area is 195 Å². The molecule has 30 heavy (non-hydrogen) atoms. The Morgan fingerprint density at radius 1 is 1.10 bits per heavy atom. The Morgan fingerprint density at radius 2 is 1.73 bits per heavy atom. The van der Waals surface area contributed by atoms with E-state index in [0.29, 0.717) is 16.0 Å². The highest BCUT2D eigenvalue weighted by molar-refractivity contribution is 9.10. The maximum absolute atomic E-state index is 9.27. The summed E-state index contributed by atoms with van der Waals surface area (Å²) in [5.74, 6) is 0.609. The van der Waals surface area contributed by atoms with Gasteiger partial charge in [0.15, 0.2) is 0 Å². The molecule has 160 valence electrons. The lowest BCUT2D eigenvalue weighted by molar-refractivity contribution is 0.240. The molecule has 0 bridgehead atoms. The predicted molar refractivity (Wildman–Crippen MR) is 130 cm³/mol. The SMILES string of the molecule is Cc1cc(N2CCC(CCO)CC2)c2c(C)c(C)n(-c3c(Cl)cc(Br)cc3Cl)c2n1. The average molecular weight is 511 g/mol. The molecule has 3 heterocycles. The van der Waals surface area contributed by atoms with E-state index >= 15 is 0 Å². The molecule has 3 aromatic rings. The highest BCUT2D eigenvalue weighted by Gasteiger charge is 2.25. The summed E-state index contributed by atoms with van der Waals surface area (Å²) in [6.45, 7) is 8.54. The third kappa shape index (κ3) is 3.86. The number of piperidine rings is 1. The summed E-state index contributed by atoms with van der Waals surface area (Å²) < 4.78 is 2.94. The molecule has 2 aromatic heterocycles. The number of rotatable bonds is 4. The van der Waals surface area contributed by atoms with E-state index in [0.717, 1.165) is 64.9 Å². The molecule has 1 aromatic carbocycles. The summed E-state index contributed by atoms with van der Waals surface area (Å²) in [5.41, 5.74) is 6.14. The number of aliphatic hydroxyl groups excluding tert-OH is 1. The number of nitrogens with zero attached hydrogens (tertiary/aromatic N) is 3. The molecule has 4 rings (SSSR count). The first-order valence-electron chi connectivity index (χ1n) is 10.3. The van der Waals surface area contributed by atoms with Gasteiger partial charge in [-0.25, -0.2) is 4.98 Å². The summed E-state index contributed by atoms with van der Waals surface area (Å²) >= 11 is 16.7. The van der Waals surface area contributed by atoms with Crippen molar-refractivity contribution in [2.24, 2.45) is 5.92 Å². The van der Waals surface area contributed by atoms with E-state index < -0.39 is 0 Å². The number of hydrogen-bond acceptors (Lipinski definition) is 3. The van der Waals surface area contributed by atoms with Crippen molar-refractivity contribution in [1.82, 2.24) is 9.55 Å². The molecule has 0 saturated carbocycles. The highest BCUT2D eigenvalue weighted by Crippen LogP contribution is 2.41. The van der Waals surface area contributed by atoms with Crippen molar-refractivity contribution in [1.29, 1.82) is 0 Å². The molecule has 0 amide bonds. The van der Waals surface area contributed by atoms with E-state index in [-0.39, 0.29) is 6.61 Å². The van der Waals surface area contributed by atoms with Crippen molar-refractivity contribution < 1.29 is 5.11 Å². The second-order valence-electron chi connectivity index (χ2n) is 8.19. The number of aliphatic hydroxyl groups is 1. The standard InChI is InChI=1S/C23H26BrCl2N3O/c1-13-10-20(28-7-4-16(5-8-28)6-9-30)21-14(2)15(3)29(23(21)27-13)22-18(25)11-17(24)12-19(22)26/h10-12,16,30H,4-9H2,1-3H3. The third-order valence-corrected chi connectivity index (χ3v) is 7.30. The van der Waals surface area contributed by atoms with Gasteiger partial charge in [0.1, 0.15) is 5.65 Å². The fourth-order valence-electron chi connectivity index (χ4n) is 4.59. The quantitative estimate of drug-likeness (QED) is 0.428. The van der Waals surface area contributed by atoms with Crippen LogP contribution in [-0.4, -0.2) is 34.4 Å². The van der Waals surface area contributed by atoms with E-state index in [1.807, 2.05) is 19.1 Å². The Balaban J connectivity index is 1.88. The van der Waals surface area contributed by atoms with E-state index in [1.165, 1.54) is 11.3 Å². The first kappa shape index (κ1) is 21.9. The number of aryl methyl sites for hydroxylation is 2. The second-order valence-corrected chi connectivity index (χ2v) is 9.92. The molecule has 0 atom stereocenters. The van der Waals surface area contributed by atoms with Crippen LogP contribution in [-0.2, 0) is 0 Å². The Bertz CT molecular complexity index is 1080. The van der Waals surface area contributed by atoms with Crippen LogP contribution in [0.1, 0.15) is 36.2 Å². The topological polar surface area (TPSA) is 41.3 Å². The summed E-state index contributed by atoms with van der Waals surface area (Å²) in [7, 11) is 0. The summed E-state index contributed by atoms with van der Waals surface area (Å²) in [5, 5.41) is 11.6. The molecule has 7 heteroatoms. The van der Waals surface area contributed by atoms with Gasteiger partial charge in [-0.3, -0.25) is 4.57 Å². The Morgan fingerprint density at radius 3 is 2.33 bits per heavy atom. The van der Waals surface area contributed by atoms with E-state index in [1.54, 1.807) is 0 Å². The van der Waals surface area contributed by atoms with Crippen LogP contribution >= 0.6 is 39.1 Å². The van der Waals surface area contributed by atoms with Crippen LogP contribution in [0.15, 0.2) is 22.7 Å². The number of aromatic nitrogens is 2. The Kier molecular flexibility index (Phi) is 6.36. The summed E-state index contributed by atoms with van der Waals surface area (Å²) in [6, 6.07) is 5.92. The molecule has 1 aliphatic rings. The van der Waals surface area contributed by atoms with Crippen LogP contribution in [0.3, 0.4) is 0 Å². The first-order chi connectivity index (χ1) is 14.3. The van der Waals surface area contributed by atoms with Gasteiger partial charge in [-0.1, -0.05) is 39.1 Å². The van der Waals surface area contributed by atoms with Gasteiger partial charge in [-0.05, 0) is 69.7 Å². The number of pyridine rings is 1. The monoisotopic (exact) mass is 509 g/mol. The maximum atomic E-state index is 9.27. The van der Waals surface area contributed by atoms with Crippen molar-refractivity contribution in [2.75, 3.05) is 24.6 Å². The fourth-order valence-corrected chi connectivity index (χ4v) is 5.96. The number of benzene rings is 1. The fraction of sp³-hybridized carbons (Fsp3) is 0.435. The average Bonchev–Trinajstić information content (AvgIpc) is 2.92. The molecule has 1 saturated heterocycles. The normalized spacial score (nSPS) is 15.4. The molecule has 0 radical (unpaired) electrons. The molecule has 0 unspecified atom stereocenters. The maximum Gasteiger partial charge on any atom is 0.147 e. The van der Waals surface area contributed by atoms with Crippen molar-refractivity contribution in [3.63, 3.8) is 0 Å².